The van der Waals surface area contributed by atoms with Crippen molar-refractivity contribution in [3.63, 3.8) is 0 Å². The second kappa shape index (κ2) is 5.11. The maximum atomic E-state index is 10.7. The minimum Gasteiger partial charge on any atom is -0.462 e. The smallest absolute Gasteiger partial charge is 0.302 e. The summed E-state index contributed by atoms with van der Waals surface area (Å²) < 4.78 is 9.97. The highest BCUT2D eigenvalue weighted by Gasteiger charge is 2.31. The van der Waals surface area contributed by atoms with Gasteiger partial charge in [0, 0.05) is 33.1 Å². The third-order valence-corrected chi connectivity index (χ3v) is 2.26. The van der Waals surface area contributed by atoms with E-state index in [0.717, 1.165) is 0 Å². The summed E-state index contributed by atoms with van der Waals surface area (Å²) in [6.07, 6.45) is 0.0175. The molecule has 1 N–H and O–H groups in total. The van der Waals surface area contributed by atoms with E-state index in [1.165, 1.54) is 13.8 Å². The maximum Gasteiger partial charge on any atom is 0.302 e. The van der Waals surface area contributed by atoms with Gasteiger partial charge in [0.25, 0.3) is 0 Å². The minimum atomic E-state index is -0.576. The van der Waals surface area contributed by atoms with Crippen LogP contribution >= 0.6 is 0 Å². The van der Waals surface area contributed by atoms with Gasteiger partial charge in [0.15, 0.2) is 0 Å². The molecular weight excluding hydrogens is 200 g/mol. The summed E-state index contributed by atoms with van der Waals surface area (Å²) in [5.74, 6) is -0.758. The van der Waals surface area contributed by atoms with Crippen LogP contribution in [0.15, 0.2) is 0 Å². The van der Waals surface area contributed by atoms with Crippen molar-refractivity contribution < 1.29 is 24.2 Å². The van der Waals surface area contributed by atoms with Crippen molar-refractivity contribution >= 4 is 11.9 Å². The fourth-order valence-corrected chi connectivity index (χ4v) is 1.85. The molecule has 0 bridgehead atoms. The van der Waals surface area contributed by atoms with Gasteiger partial charge in [-0.3, -0.25) is 9.59 Å². The molecule has 5 heteroatoms. The van der Waals surface area contributed by atoms with Crippen molar-refractivity contribution in [1.82, 2.24) is 0 Å². The van der Waals surface area contributed by atoms with Crippen LogP contribution in [-0.2, 0) is 19.1 Å². The van der Waals surface area contributed by atoms with Crippen LogP contribution in [0.2, 0.25) is 0 Å². The minimum absolute atomic E-state index is 0.351. The lowest BCUT2D eigenvalue weighted by molar-refractivity contribution is -0.160. The van der Waals surface area contributed by atoms with Crippen LogP contribution in [0.25, 0.3) is 0 Å². The lowest BCUT2D eigenvalue weighted by Gasteiger charge is -2.31. The first kappa shape index (κ1) is 12.0. The molecule has 1 saturated carbocycles. The summed E-state index contributed by atoms with van der Waals surface area (Å²) in [5.41, 5.74) is 0. The van der Waals surface area contributed by atoms with Gasteiger partial charge in [0.1, 0.15) is 12.2 Å². The average molecular weight is 216 g/mol. The molecule has 0 spiro atoms. The van der Waals surface area contributed by atoms with Crippen LogP contribution in [0.3, 0.4) is 0 Å². The molecular formula is C10H16O5. The Hall–Kier alpha value is -1.10. The molecule has 0 aromatic heterocycles. The Morgan fingerprint density at radius 2 is 1.40 bits per heavy atom. The molecule has 15 heavy (non-hydrogen) atoms. The molecule has 0 amide bonds. The molecule has 86 valence electrons. The molecule has 0 radical (unpaired) electrons. The van der Waals surface area contributed by atoms with E-state index in [0.29, 0.717) is 19.3 Å². The number of carbonyl (C=O) groups is 2. The highest BCUT2D eigenvalue weighted by atomic mass is 16.6. The van der Waals surface area contributed by atoms with Gasteiger partial charge >= 0.3 is 11.9 Å². The van der Waals surface area contributed by atoms with Crippen LogP contribution in [0.1, 0.15) is 33.1 Å². The molecule has 1 rings (SSSR count). The predicted octanol–water partition coefficient (Wildman–Crippen LogP) is 0.395. The Balaban J connectivity index is 2.47. The van der Waals surface area contributed by atoms with Crippen molar-refractivity contribution in [2.45, 2.75) is 51.4 Å². The molecule has 0 aromatic carbocycles. The van der Waals surface area contributed by atoms with Gasteiger partial charge in [-0.2, -0.15) is 0 Å². The summed E-state index contributed by atoms with van der Waals surface area (Å²) in [6.45, 7) is 2.64. The van der Waals surface area contributed by atoms with Crippen LogP contribution in [0.5, 0.6) is 0 Å². The standard InChI is InChI=1S/C10H16O5/c1-6(11)14-9-3-8(13)4-10(5-9)15-7(2)12/h8-10,13H,3-5H2,1-2H3/t8?,9-,10?/m1/s1. The molecule has 1 aliphatic rings. The van der Waals surface area contributed by atoms with Crippen LogP contribution < -0.4 is 0 Å². The van der Waals surface area contributed by atoms with Crippen LogP contribution in [0, 0.1) is 0 Å². The lowest BCUT2D eigenvalue weighted by Crippen LogP contribution is -2.37. The number of aliphatic hydroxyl groups is 1. The zero-order valence-electron chi connectivity index (χ0n) is 8.93. The van der Waals surface area contributed by atoms with E-state index < -0.39 is 6.10 Å². The van der Waals surface area contributed by atoms with E-state index in [2.05, 4.69) is 0 Å². The Labute approximate surface area is 88.4 Å². The highest BCUT2D eigenvalue weighted by molar-refractivity contribution is 5.66. The topological polar surface area (TPSA) is 72.8 Å². The van der Waals surface area contributed by atoms with Crippen molar-refractivity contribution in [2.75, 3.05) is 0 Å². The molecule has 1 fully saturated rings. The van der Waals surface area contributed by atoms with Gasteiger partial charge in [-0.25, -0.2) is 0 Å². The molecule has 2 unspecified atom stereocenters. The molecule has 5 nitrogen and oxygen atoms in total. The quantitative estimate of drug-likeness (QED) is 0.676. The first-order chi connectivity index (χ1) is 6.97. The molecule has 0 aromatic rings. The third kappa shape index (κ3) is 4.29. The van der Waals surface area contributed by atoms with E-state index in [9.17, 15) is 14.7 Å². The lowest BCUT2D eigenvalue weighted by atomic mass is 9.92. The average Bonchev–Trinajstić information content (AvgIpc) is 1.98. The monoisotopic (exact) mass is 216 g/mol. The molecule has 0 heterocycles. The number of rotatable bonds is 2. The summed E-state index contributed by atoms with van der Waals surface area (Å²) in [4.78, 5) is 21.5. The van der Waals surface area contributed by atoms with E-state index in [-0.39, 0.29) is 24.1 Å². The molecule has 1 aliphatic carbocycles. The largest absolute Gasteiger partial charge is 0.462 e. The van der Waals surface area contributed by atoms with E-state index in [1.807, 2.05) is 0 Å². The normalized spacial score (nSPS) is 30.7. The van der Waals surface area contributed by atoms with Gasteiger partial charge in [-0.1, -0.05) is 0 Å². The predicted molar refractivity (Wildman–Crippen MR) is 51.0 cm³/mol. The third-order valence-electron chi connectivity index (χ3n) is 2.26. The van der Waals surface area contributed by atoms with Gasteiger partial charge in [-0.05, 0) is 0 Å². The van der Waals surface area contributed by atoms with Crippen molar-refractivity contribution in [2.24, 2.45) is 0 Å². The second-order valence-corrected chi connectivity index (χ2v) is 3.82. The van der Waals surface area contributed by atoms with Crippen LogP contribution in [0.4, 0.5) is 0 Å². The fourth-order valence-electron chi connectivity index (χ4n) is 1.85. The van der Waals surface area contributed by atoms with Crippen molar-refractivity contribution in [1.29, 1.82) is 0 Å². The molecule has 0 aliphatic heterocycles. The first-order valence-electron chi connectivity index (χ1n) is 5.00. The SMILES string of the molecule is CC(=O)OC1CC(O)C[C@@H](OC(C)=O)C1. The summed E-state index contributed by atoms with van der Waals surface area (Å²) in [5, 5.41) is 9.49. The summed E-state index contributed by atoms with van der Waals surface area (Å²) >= 11 is 0. The Morgan fingerprint density at radius 1 is 1.00 bits per heavy atom. The number of hydrogen-bond donors (Lipinski definition) is 1. The number of aliphatic hydroxyl groups excluding tert-OH is 1. The van der Waals surface area contributed by atoms with E-state index in [1.54, 1.807) is 0 Å². The second-order valence-electron chi connectivity index (χ2n) is 3.82. The zero-order valence-corrected chi connectivity index (χ0v) is 8.93. The van der Waals surface area contributed by atoms with Gasteiger partial charge < -0.3 is 14.6 Å². The zero-order chi connectivity index (χ0) is 11.4. The summed E-state index contributed by atoms with van der Waals surface area (Å²) in [6, 6.07) is 0. The number of ether oxygens (including phenoxy) is 2. The number of esters is 2. The highest BCUT2D eigenvalue weighted by Crippen LogP contribution is 2.24. The van der Waals surface area contributed by atoms with Gasteiger partial charge in [-0.15, -0.1) is 0 Å². The summed E-state index contributed by atoms with van der Waals surface area (Å²) in [7, 11) is 0. The Morgan fingerprint density at radius 3 is 1.73 bits per heavy atom. The number of carbonyl (C=O) groups excluding carboxylic acids is 2. The van der Waals surface area contributed by atoms with Crippen LogP contribution in [-0.4, -0.2) is 35.4 Å². The van der Waals surface area contributed by atoms with Crippen molar-refractivity contribution in [3.8, 4) is 0 Å². The Bertz CT molecular complexity index is 226. The maximum absolute atomic E-state index is 10.7. The molecule has 0 saturated heterocycles. The Kier molecular flexibility index (Phi) is 4.08. The van der Waals surface area contributed by atoms with E-state index >= 15 is 0 Å². The van der Waals surface area contributed by atoms with Crippen molar-refractivity contribution in [3.05, 3.63) is 0 Å². The fraction of sp³-hybridized carbons (Fsp3) is 0.800. The van der Waals surface area contributed by atoms with E-state index in [4.69, 9.17) is 9.47 Å². The molecule has 3 atom stereocenters. The first-order valence-corrected chi connectivity index (χ1v) is 5.00. The van der Waals surface area contributed by atoms with Gasteiger partial charge in [0.05, 0.1) is 6.10 Å². The number of hydrogen-bond acceptors (Lipinski definition) is 5. The van der Waals surface area contributed by atoms with Gasteiger partial charge in [0.2, 0.25) is 0 Å².